The van der Waals surface area contributed by atoms with Gasteiger partial charge in [-0.2, -0.15) is 4.98 Å². The first-order valence-electron chi connectivity index (χ1n) is 6.18. The maximum absolute atomic E-state index is 11.6. The molecule has 0 aliphatic rings. The van der Waals surface area contributed by atoms with Crippen molar-refractivity contribution in [3.8, 4) is 5.75 Å². The van der Waals surface area contributed by atoms with Gasteiger partial charge in [-0.15, -0.1) is 0 Å². The lowest BCUT2D eigenvalue weighted by Gasteiger charge is -2.06. The zero-order valence-electron chi connectivity index (χ0n) is 11.1. The highest BCUT2D eigenvalue weighted by atomic mass is 16.5. The summed E-state index contributed by atoms with van der Waals surface area (Å²) in [4.78, 5) is 15.6. The van der Waals surface area contributed by atoms with E-state index in [0.29, 0.717) is 36.1 Å². The van der Waals surface area contributed by atoms with Gasteiger partial charge in [0.2, 0.25) is 5.89 Å². The van der Waals surface area contributed by atoms with Crippen molar-refractivity contribution in [2.75, 3.05) is 18.9 Å². The molecule has 0 spiro atoms. The fraction of sp³-hybridized carbons (Fsp3) is 0.308. The number of aryl methyl sites for hydroxylation is 1. The van der Waals surface area contributed by atoms with Crippen LogP contribution in [0.5, 0.6) is 5.75 Å². The van der Waals surface area contributed by atoms with Gasteiger partial charge in [-0.25, -0.2) is 0 Å². The molecule has 7 heteroatoms. The molecule has 0 saturated heterocycles. The first-order valence-corrected chi connectivity index (χ1v) is 6.18. The molecular weight excluding hydrogens is 260 g/mol. The highest BCUT2D eigenvalue weighted by molar-refractivity contribution is 5.77. The Hall–Kier alpha value is -2.57. The van der Waals surface area contributed by atoms with Crippen molar-refractivity contribution in [3.63, 3.8) is 0 Å². The number of amides is 1. The zero-order chi connectivity index (χ0) is 14.4. The highest BCUT2D eigenvalue weighted by Gasteiger charge is 2.05. The van der Waals surface area contributed by atoms with E-state index in [1.807, 2.05) is 0 Å². The number of hydrogen-bond donors (Lipinski definition) is 2. The molecule has 1 heterocycles. The number of nitrogens with two attached hydrogens (primary N) is 1. The number of nitrogens with one attached hydrogen (secondary N) is 1. The van der Waals surface area contributed by atoms with E-state index in [1.54, 1.807) is 31.2 Å². The summed E-state index contributed by atoms with van der Waals surface area (Å²) in [5.41, 5.74) is 6.20. The van der Waals surface area contributed by atoms with Gasteiger partial charge < -0.3 is 20.3 Å². The van der Waals surface area contributed by atoms with E-state index in [-0.39, 0.29) is 12.5 Å². The Labute approximate surface area is 116 Å². The summed E-state index contributed by atoms with van der Waals surface area (Å²) >= 11 is 0. The summed E-state index contributed by atoms with van der Waals surface area (Å²) in [7, 11) is 0. The number of nitrogen functional groups attached to an aromatic ring is 1. The molecule has 0 atom stereocenters. The number of carbonyl (C=O) groups excluding carboxylic acids is 1. The third-order valence-corrected chi connectivity index (χ3v) is 2.48. The Morgan fingerprint density at radius 2 is 2.15 bits per heavy atom. The predicted octanol–water partition coefficient (Wildman–Crippen LogP) is 0.698. The van der Waals surface area contributed by atoms with Crippen LogP contribution in [0, 0.1) is 6.92 Å². The molecule has 0 aliphatic heterocycles. The Kier molecular flexibility index (Phi) is 4.54. The lowest BCUT2D eigenvalue weighted by atomic mass is 10.3. The summed E-state index contributed by atoms with van der Waals surface area (Å²) in [6.45, 7) is 2.12. The monoisotopic (exact) mass is 276 g/mol. The number of nitrogens with zero attached hydrogens (tertiary/aromatic N) is 2. The van der Waals surface area contributed by atoms with E-state index in [0.717, 1.165) is 0 Å². The molecular formula is C13H16N4O3. The van der Waals surface area contributed by atoms with Crippen molar-refractivity contribution < 1.29 is 14.1 Å². The fourth-order valence-corrected chi connectivity index (χ4v) is 1.51. The summed E-state index contributed by atoms with van der Waals surface area (Å²) < 4.78 is 10.2. The van der Waals surface area contributed by atoms with Crippen LogP contribution in [-0.2, 0) is 11.2 Å². The Balaban J connectivity index is 1.66. The summed E-state index contributed by atoms with van der Waals surface area (Å²) in [6.07, 6.45) is 0.494. The Bertz CT molecular complexity index is 565. The van der Waals surface area contributed by atoms with Gasteiger partial charge in [0.15, 0.2) is 12.4 Å². The highest BCUT2D eigenvalue weighted by Crippen LogP contribution is 2.12. The van der Waals surface area contributed by atoms with E-state index in [9.17, 15) is 4.79 Å². The van der Waals surface area contributed by atoms with Gasteiger partial charge in [-0.3, -0.25) is 4.79 Å². The number of anilines is 1. The fourth-order valence-electron chi connectivity index (χ4n) is 1.51. The number of benzene rings is 1. The molecule has 0 fully saturated rings. The minimum absolute atomic E-state index is 0.0488. The normalized spacial score (nSPS) is 10.2. The van der Waals surface area contributed by atoms with Gasteiger partial charge in [0, 0.05) is 18.7 Å². The molecule has 7 nitrogen and oxygen atoms in total. The average molecular weight is 276 g/mol. The van der Waals surface area contributed by atoms with Crippen LogP contribution in [-0.4, -0.2) is 29.2 Å². The van der Waals surface area contributed by atoms with Crippen LogP contribution in [0.15, 0.2) is 28.8 Å². The maximum atomic E-state index is 11.6. The molecule has 1 amide bonds. The van der Waals surface area contributed by atoms with Crippen LogP contribution in [0.25, 0.3) is 0 Å². The molecule has 3 N–H and O–H groups in total. The van der Waals surface area contributed by atoms with Crippen molar-refractivity contribution in [1.82, 2.24) is 15.5 Å². The molecule has 1 aromatic heterocycles. The SMILES string of the molecule is Cc1noc(CCNC(=O)COc2ccc(N)cc2)n1. The van der Waals surface area contributed by atoms with E-state index in [4.69, 9.17) is 15.0 Å². The standard InChI is InChI=1S/C13H16N4O3/c1-9-16-13(20-17-9)6-7-15-12(18)8-19-11-4-2-10(14)3-5-11/h2-5H,6-8,14H2,1H3,(H,15,18). The van der Waals surface area contributed by atoms with Crippen LogP contribution in [0.3, 0.4) is 0 Å². The second-order valence-corrected chi connectivity index (χ2v) is 4.19. The van der Waals surface area contributed by atoms with Crippen molar-refractivity contribution in [3.05, 3.63) is 36.0 Å². The van der Waals surface area contributed by atoms with Gasteiger partial charge in [0.05, 0.1) is 0 Å². The average Bonchev–Trinajstić information content (AvgIpc) is 2.84. The van der Waals surface area contributed by atoms with Crippen LogP contribution >= 0.6 is 0 Å². The van der Waals surface area contributed by atoms with Crippen LogP contribution in [0.1, 0.15) is 11.7 Å². The van der Waals surface area contributed by atoms with E-state index >= 15 is 0 Å². The Morgan fingerprint density at radius 3 is 2.80 bits per heavy atom. The smallest absolute Gasteiger partial charge is 0.257 e. The number of aromatic nitrogens is 2. The van der Waals surface area contributed by atoms with Crippen molar-refractivity contribution in [2.45, 2.75) is 13.3 Å². The van der Waals surface area contributed by atoms with Crippen LogP contribution in [0.4, 0.5) is 5.69 Å². The minimum atomic E-state index is -0.210. The molecule has 0 bridgehead atoms. The van der Waals surface area contributed by atoms with Gasteiger partial charge in [-0.05, 0) is 31.2 Å². The molecule has 2 aromatic rings. The zero-order valence-corrected chi connectivity index (χ0v) is 11.1. The first kappa shape index (κ1) is 13.9. The second-order valence-electron chi connectivity index (χ2n) is 4.19. The van der Waals surface area contributed by atoms with Crippen molar-refractivity contribution in [2.24, 2.45) is 0 Å². The van der Waals surface area contributed by atoms with Crippen LogP contribution < -0.4 is 15.8 Å². The Morgan fingerprint density at radius 1 is 1.40 bits per heavy atom. The molecule has 2 rings (SSSR count). The topological polar surface area (TPSA) is 103 Å². The molecule has 0 saturated carbocycles. The van der Waals surface area contributed by atoms with Gasteiger partial charge in [0.1, 0.15) is 5.75 Å². The number of rotatable bonds is 6. The summed E-state index contributed by atoms with van der Waals surface area (Å²) in [5.74, 6) is 1.47. The lowest BCUT2D eigenvalue weighted by Crippen LogP contribution is -2.30. The quantitative estimate of drug-likeness (QED) is 0.753. The predicted molar refractivity (Wildman–Crippen MR) is 72.1 cm³/mol. The van der Waals surface area contributed by atoms with E-state index in [1.165, 1.54) is 0 Å². The number of ether oxygens (including phenoxy) is 1. The third kappa shape index (κ3) is 4.27. The lowest BCUT2D eigenvalue weighted by molar-refractivity contribution is -0.123. The molecule has 0 radical (unpaired) electrons. The number of hydrogen-bond acceptors (Lipinski definition) is 6. The molecule has 1 aromatic carbocycles. The molecule has 0 aliphatic carbocycles. The molecule has 20 heavy (non-hydrogen) atoms. The van der Waals surface area contributed by atoms with Crippen molar-refractivity contribution >= 4 is 11.6 Å². The molecule has 0 unspecified atom stereocenters. The van der Waals surface area contributed by atoms with Gasteiger partial charge >= 0.3 is 0 Å². The summed E-state index contributed by atoms with van der Waals surface area (Å²) in [5, 5.41) is 6.37. The van der Waals surface area contributed by atoms with Gasteiger partial charge in [-0.1, -0.05) is 5.16 Å². The van der Waals surface area contributed by atoms with Gasteiger partial charge in [0.25, 0.3) is 5.91 Å². The maximum Gasteiger partial charge on any atom is 0.257 e. The molecule has 106 valence electrons. The minimum Gasteiger partial charge on any atom is -0.484 e. The first-order chi connectivity index (χ1) is 9.63. The second kappa shape index (κ2) is 6.55. The van der Waals surface area contributed by atoms with Crippen molar-refractivity contribution in [1.29, 1.82) is 0 Å². The van der Waals surface area contributed by atoms with E-state index < -0.39 is 0 Å². The van der Waals surface area contributed by atoms with E-state index in [2.05, 4.69) is 15.5 Å². The largest absolute Gasteiger partial charge is 0.484 e. The van der Waals surface area contributed by atoms with Crippen LogP contribution in [0.2, 0.25) is 0 Å². The summed E-state index contributed by atoms with van der Waals surface area (Å²) in [6, 6.07) is 6.85. The third-order valence-electron chi connectivity index (χ3n) is 2.48. The number of carbonyl (C=O) groups is 1.